The highest BCUT2D eigenvalue weighted by atomic mass is 16.7. The number of aromatic nitrogens is 1. The van der Waals surface area contributed by atoms with Gasteiger partial charge in [-0.3, -0.25) is 9.59 Å². The van der Waals surface area contributed by atoms with Crippen molar-refractivity contribution >= 4 is 23.3 Å². The number of anilines is 1. The Morgan fingerprint density at radius 3 is 2.48 bits per heavy atom. The number of carbonyl (C=O) groups is 3. The number of aliphatic hydroxyl groups excluding tert-OH is 1. The zero-order valence-electron chi connectivity index (χ0n) is 16.5. The van der Waals surface area contributed by atoms with E-state index in [1.54, 1.807) is 20.8 Å². The predicted molar refractivity (Wildman–Crippen MR) is 102 cm³/mol. The van der Waals surface area contributed by atoms with Crippen LogP contribution in [0.5, 0.6) is 11.5 Å². The molecule has 0 spiro atoms. The number of H-pyrrole nitrogens is 1. The molecule has 3 rings (SSSR count). The molecule has 1 aromatic carbocycles. The van der Waals surface area contributed by atoms with Crippen LogP contribution < -0.4 is 14.8 Å². The van der Waals surface area contributed by atoms with Gasteiger partial charge in [-0.25, -0.2) is 4.79 Å². The summed E-state index contributed by atoms with van der Waals surface area (Å²) in [5.41, 5.74) is 2.52. The van der Waals surface area contributed by atoms with Crippen molar-refractivity contribution in [3.8, 4) is 11.5 Å². The number of aliphatic hydroxyl groups is 1. The molecular formula is C20H22N2O7. The Bertz CT molecular complexity index is 991. The highest BCUT2D eigenvalue weighted by molar-refractivity contribution is 6.05. The van der Waals surface area contributed by atoms with Crippen LogP contribution in [0.3, 0.4) is 0 Å². The first-order chi connectivity index (χ1) is 13.7. The molecule has 3 N–H and O–H groups in total. The lowest BCUT2D eigenvalue weighted by atomic mass is 10.1. The smallest absolute Gasteiger partial charge is 0.355 e. The average molecular weight is 402 g/mol. The summed E-state index contributed by atoms with van der Waals surface area (Å²) in [6.45, 7) is 5.87. The largest absolute Gasteiger partial charge is 0.454 e. The number of esters is 1. The molecule has 1 aliphatic rings. The van der Waals surface area contributed by atoms with E-state index >= 15 is 0 Å². The van der Waals surface area contributed by atoms with E-state index in [0.29, 0.717) is 28.3 Å². The minimum Gasteiger partial charge on any atom is -0.454 e. The zero-order valence-corrected chi connectivity index (χ0v) is 16.5. The third-order valence-electron chi connectivity index (χ3n) is 4.62. The van der Waals surface area contributed by atoms with E-state index in [0.717, 1.165) is 0 Å². The van der Waals surface area contributed by atoms with Crippen LogP contribution in [0.25, 0.3) is 0 Å². The maximum atomic E-state index is 12.3. The van der Waals surface area contributed by atoms with E-state index in [2.05, 4.69) is 10.3 Å². The number of benzene rings is 1. The SMILES string of the molecule is CC(=O)c1cc2c(cc1NC(=O)COC(=O)c1[nH]c(C)c([C@H](C)O)c1C)OCO2. The van der Waals surface area contributed by atoms with Crippen LogP contribution in [-0.2, 0) is 9.53 Å². The maximum Gasteiger partial charge on any atom is 0.355 e. The molecule has 9 heteroatoms. The topological polar surface area (TPSA) is 127 Å². The summed E-state index contributed by atoms with van der Waals surface area (Å²) in [4.78, 5) is 39.3. The van der Waals surface area contributed by atoms with Crippen molar-refractivity contribution in [3.05, 3.63) is 40.2 Å². The molecule has 29 heavy (non-hydrogen) atoms. The van der Waals surface area contributed by atoms with Gasteiger partial charge in [0.2, 0.25) is 6.79 Å². The highest BCUT2D eigenvalue weighted by Crippen LogP contribution is 2.37. The van der Waals surface area contributed by atoms with Crippen molar-refractivity contribution in [1.82, 2.24) is 4.98 Å². The van der Waals surface area contributed by atoms with E-state index in [9.17, 15) is 19.5 Å². The van der Waals surface area contributed by atoms with Crippen LogP contribution >= 0.6 is 0 Å². The Morgan fingerprint density at radius 2 is 1.90 bits per heavy atom. The molecule has 9 nitrogen and oxygen atoms in total. The number of Topliss-reactive ketones (excluding diaryl/α,β-unsaturated/α-hetero) is 1. The van der Waals surface area contributed by atoms with Crippen molar-refractivity contribution in [2.45, 2.75) is 33.8 Å². The van der Waals surface area contributed by atoms with Crippen LogP contribution in [0.15, 0.2) is 12.1 Å². The van der Waals surface area contributed by atoms with E-state index in [1.165, 1.54) is 19.1 Å². The summed E-state index contributed by atoms with van der Waals surface area (Å²) in [6.07, 6.45) is -0.743. The number of hydrogen-bond acceptors (Lipinski definition) is 7. The first-order valence-electron chi connectivity index (χ1n) is 8.97. The van der Waals surface area contributed by atoms with E-state index < -0.39 is 24.6 Å². The quantitative estimate of drug-likeness (QED) is 0.500. The third-order valence-corrected chi connectivity index (χ3v) is 4.62. The fourth-order valence-corrected chi connectivity index (χ4v) is 3.32. The van der Waals surface area contributed by atoms with Crippen molar-refractivity contribution in [2.24, 2.45) is 0 Å². The molecule has 1 amide bonds. The summed E-state index contributed by atoms with van der Waals surface area (Å²) in [5.74, 6) is -0.767. The van der Waals surface area contributed by atoms with Crippen molar-refractivity contribution < 1.29 is 33.7 Å². The first kappa shape index (κ1) is 20.4. The van der Waals surface area contributed by atoms with Crippen molar-refractivity contribution in [3.63, 3.8) is 0 Å². The molecule has 1 aromatic heterocycles. The average Bonchev–Trinajstić information content (AvgIpc) is 3.22. The Balaban J connectivity index is 1.69. The van der Waals surface area contributed by atoms with Gasteiger partial charge < -0.3 is 29.6 Å². The lowest BCUT2D eigenvalue weighted by molar-refractivity contribution is -0.119. The molecule has 154 valence electrons. The molecule has 0 radical (unpaired) electrons. The molecule has 1 atom stereocenters. The summed E-state index contributed by atoms with van der Waals surface area (Å²) in [6, 6.07) is 2.99. The molecule has 0 saturated carbocycles. The second-order valence-electron chi connectivity index (χ2n) is 6.77. The minimum absolute atomic E-state index is 0.0328. The summed E-state index contributed by atoms with van der Waals surface area (Å²) in [7, 11) is 0. The number of fused-ring (bicyclic) bond motifs is 1. The Labute approximate surface area is 167 Å². The number of aryl methyl sites for hydroxylation is 1. The second-order valence-corrected chi connectivity index (χ2v) is 6.77. The van der Waals surface area contributed by atoms with Gasteiger partial charge >= 0.3 is 5.97 Å². The number of ether oxygens (including phenoxy) is 3. The number of aromatic amines is 1. The van der Waals surface area contributed by atoms with E-state index in [-0.39, 0.29) is 29.5 Å². The first-order valence-corrected chi connectivity index (χ1v) is 8.97. The molecule has 0 fully saturated rings. The number of rotatable bonds is 6. The van der Waals surface area contributed by atoms with Crippen molar-refractivity contribution in [1.29, 1.82) is 0 Å². The van der Waals surface area contributed by atoms with Crippen molar-refractivity contribution in [2.75, 3.05) is 18.7 Å². The fourth-order valence-electron chi connectivity index (χ4n) is 3.32. The lowest BCUT2D eigenvalue weighted by Gasteiger charge is -2.11. The zero-order chi connectivity index (χ0) is 21.3. The third kappa shape index (κ3) is 4.09. The normalized spacial score (nSPS) is 13.1. The van der Waals surface area contributed by atoms with Crippen LogP contribution in [-0.4, -0.2) is 41.2 Å². The summed E-state index contributed by atoms with van der Waals surface area (Å²) >= 11 is 0. The number of hydrogen-bond donors (Lipinski definition) is 3. The van der Waals surface area contributed by atoms with Gasteiger partial charge in [-0.05, 0) is 39.3 Å². The van der Waals surface area contributed by atoms with Gasteiger partial charge in [-0.2, -0.15) is 0 Å². The summed E-state index contributed by atoms with van der Waals surface area (Å²) in [5, 5.41) is 12.4. The molecule has 2 aromatic rings. The van der Waals surface area contributed by atoms with Crippen LogP contribution in [0.4, 0.5) is 5.69 Å². The minimum atomic E-state index is -0.743. The molecular weight excluding hydrogens is 380 g/mol. The lowest BCUT2D eigenvalue weighted by Crippen LogP contribution is -2.22. The molecule has 2 heterocycles. The van der Waals surface area contributed by atoms with Gasteiger partial charge in [0.25, 0.3) is 5.91 Å². The molecule has 0 unspecified atom stereocenters. The van der Waals surface area contributed by atoms with Crippen LogP contribution in [0.2, 0.25) is 0 Å². The number of ketones is 1. The second kappa shape index (κ2) is 7.96. The Morgan fingerprint density at radius 1 is 1.24 bits per heavy atom. The number of amides is 1. The van der Waals surface area contributed by atoms with Gasteiger partial charge in [0.15, 0.2) is 23.9 Å². The number of nitrogens with one attached hydrogen (secondary N) is 2. The monoisotopic (exact) mass is 402 g/mol. The van der Waals surface area contributed by atoms with E-state index in [4.69, 9.17) is 14.2 Å². The highest BCUT2D eigenvalue weighted by Gasteiger charge is 2.23. The van der Waals surface area contributed by atoms with Gasteiger partial charge in [-0.1, -0.05) is 0 Å². The van der Waals surface area contributed by atoms with Crippen LogP contribution in [0, 0.1) is 13.8 Å². The van der Waals surface area contributed by atoms with Gasteiger partial charge in [0.05, 0.1) is 11.8 Å². The van der Waals surface area contributed by atoms with Gasteiger partial charge in [-0.15, -0.1) is 0 Å². The fraction of sp³-hybridized carbons (Fsp3) is 0.350. The standard InChI is InChI=1S/C20H22N2O7/c1-9-18(12(4)24)10(2)21-19(9)20(26)27-7-17(25)22-14-6-16-15(28-8-29-16)5-13(14)11(3)23/h5-6,12,21,24H,7-8H2,1-4H3,(H,22,25)/t12-/m0/s1. The molecule has 0 aliphatic carbocycles. The maximum absolute atomic E-state index is 12.3. The number of carbonyl (C=O) groups excluding carboxylic acids is 3. The van der Waals surface area contributed by atoms with E-state index in [1.807, 2.05) is 0 Å². The Kier molecular flexibility index (Phi) is 5.60. The Hall–Kier alpha value is -3.33. The summed E-state index contributed by atoms with van der Waals surface area (Å²) < 4.78 is 15.6. The molecule has 0 bridgehead atoms. The predicted octanol–water partition coefficient (Wildman–Crippen LogP) is 2.41. The van der Waals surface area contributed by atoms with Gasteiger partial charge in [0, 0.05) is 22.9 Å². The van der Waals surface area contributed by atoms with Crippen LogP contribution in [0.1, 0.15) is 57.6 Å². The van der Waals surface area contributed by atoms with Gasteiger partial charge in [0.1, 0.15) is 5.69 Å². The molecule has 0 saturated heterocycles. The molecule has 1 aliphatic heterocycles.